The lowest BCUT2D eigenvalue weighted by Gasteiger charge is -2.48. The van der Waals surface area contributed by atoms with Crippen molar-refractivity contribution in [2.45, 2.75) is 139 Å². The average Bonchev–Trinajstić information content (AvgIpc) is 4.16. The second kappa shape index (κ2) is 20.1. The third-order valence-corrected chi connectivity index (χ3v) is 17.9. The Morgan fingerprint density at radius 1 is 0.800 bits per heavy atom. The molecular formula is C59H68FN9O6. The predicted octanol–water partition coefficient (Wildman–Crippen LogP) is 8.79. The number of nitrogens with zero attached hydrogens (tertiary/aromatic N) is 7. The first-order valence-electron chi connectivity index (χ1n) is 27.7. The normalized spacial score (nSPS) is 25.9. The standard InChI is InChI=1S/C59H68FN9O6/c1-36(2)68-35-61-50-33-49(63-54(53(50)68)62-48-9-5-4-8-47(48)60)39-14-20-46-51(30-39)69(42-31-41(32-42)65-25-6-3-7-26-65)58(74)59(46)23-28-66(29-24-59)57(73)40-22-27-67(34-40)56(72)38-12-17-44(18-13-38)75-43-15-10-37(11-16-43)45-19-21-52(70)64-55(45)71/h4-5,8-11,14-16,20,30,33,35-36,38,40-42,44-45H,3,6-7,12-13,17-19,21-29,31-32,34H2,1-2H3,(H,62,63)(H,64,70,71)/t38-,40-,41-,42+,44-,45?/m1/s1. The van der Waals surface area contributed by atoms with Crippen LogP contribution in [0.3, 0.4) is 0 Å². The quantitative estimate of drug-likeness (QED) is 0.122. The number of anilines is 3. The Labute approximate surface area is 437 Å². The first-order valence-corrected chi connectivity index (χ1v) is 27.7. The van der Waals surface area contributed by atoms with Crippen molar-refractivity contribution in [3.05, 3.63) is 96.1 Å². The molecule has 2 aliphatic carbocycles. The smallest absolute Gasteiger partial charge is 0.238 e. The van der Waals surface area contributed by atoms with E-state index < -0.39 is 5.41 Å². The van der Waals surface area contributed by atoms with Crippen molar-refractivity contribution in [3.63, 3.8) is 0 Å². The number of imidazole rings is 1. The summed E-state index contributed by atoms with van der Waals surface area (Å²) in [5.41, 5.74) is 5.39. The number of benzene rings is 3. The molecule has 2 saturated carbocycles. The van der Waals surface area contributed by atoms with Gasteiger partial charge in [0.1, 0.15) is 17.1 Å². The summed E-state index contributed by atoms with van der Waals surface area (Å²) in [6.07, 6.45) is 12.8. The second-order valence-electron chi connectivity index (χ2n) is 22.7. The number of likely N-dealkylation sites (tertiary alicyclic amines) is 3. The van der Waals surface area contributed by atoms with Crippen LogP contribution in [0, 0.1) is 17.7 Å². The van der Waals surface area contributed by atoms with Crippen LogP contribution in [0.2, 0.25) is 0 Å². The molecule has 392 valence electrons. The Morgan fingerprint density at radius 2 is 1.55 bits per heavy atom. The number of amides is 5. The molecule has 1 unspecified atom stereocenters. The Morgan fingerprint density at radius 3 is 2.28 bits per heavy atom. The van der Waals surface area contributed by atoms with E-state index in [9.17, 15) is 19.2 Å². The first kappa shape index (κ1) is 49.2. The van der Waals surface area contributed by atoms with Crippen LogP contribution in [0.25, 0.3) is 22.3 Å². The van der Waals surface area contributed by atoms with Gasteiger partial charge in [-0.15, -0.1) is 0 Å². The zero-order valence-electron chi connectivity index (χ0n) is 43.1. The summed E-state index contributed by atoms with van der Waals surface area (Å²) < 4.78 is 23.5. The minimum absolute atomic E-state index is 0.0130. The van der Waals surface area contributed by atoms with E-state index in [-0.39, 0.29) is 71.3 Å². The van der Waals surface area contributed by atoms with Crippen LogP contribution >= 0.6 is 0 Å². The zero-order valence-corrected chi connectivity index (χ0v) is 43.1. The summed E-state index contributed by atoms with van der Waals surface area (Å²) in [5.74, 6) is -0.0312. The van der Waals surface area contributed by atoms with Crippen LogP contribution in [0.4, 0.5) is 21.6 Å². The van der Waals surface area contributed by atoms with E-state index in [1.807, 2.05) is 44.7 Å². The molecule has 5 aliphatic heterocycles. The topological polar surface area (TPSA) is 162 Å². The van der Waals surface area contributed by atoms with E-state index >= 15 is 9.18 Å². The van der Waals surface area contributed by atoms with Crippen molar-refractivity contribution in [2.75, 3.05) is 49.5 Å². The van der Waals surface area contributed by atoms with Gasteiger partial charge in [-0.25, -0.2) is 14.4 Å². The van der Waals surface area contributed by atoms with E-state index in [1.54, 1.807) is 24.5 Å². The maximum Gasteiger partial charge on any atom is 0.238 e. The lowest BCUT2D eigenvalue weighted by atomic mass is 9.73. The third-order valence-electron chi connectivity index (χ3n) is 17.9. The summed E-state index contributed by atoms with van der Waals surface area (Å²) in [7, 11) is 0. The van der Waals surface area contributed by atoms with Gasteiger partial charge in [0.2, 0.25) is 29.5 Å². The number of nitrogens with one attached hydrogen (secondary N) is 2. The molecule has 1 spiro atoms. The Bertz CT molecular complexity index is 3020. The second-order valence-corrected chi connectivity index (χ2v) is 22.7. The van der Waals surface area contributed by atoms with Crippen LogP contribution < -0.4 is 20.3 Å². The minimum atomic E-state index is -0.759. The van der Waals surface area contributed by atoms with Gasteiger partial charge >= 0.3 is 0 Å². The van der Waals surface area contributed by atoms with Crippen LogP contribution in [0.15, 0.2) is 79.1 Å². The van der Waals surface area contributed by atoms with Gasteiger partial charge in [0, 0.05) is 67.9 Å². The molecule has 2 N–H and O–H groups in total. The molecule has 4 saturated heterocycles. The largest absolute Gasteiger partial charge is 0.490 e. The van der Waals surface area contributed by atoms with E-state index in [0.717, 1.165) is 90.8 Å². The van der Waals surface area contributed by atoms with Gasteiger partial charge < -0.3 is 34.2 Å². The van der Waals surface area contributed by atoms with Crippen molar-refractivity contribution in [1.29, 1.82) is 0 Å². The number of para-hydroxylation sites is 1. The number of hydrogen-bond donors (Lipinski definition) is 2. The van der Waals surface area contributed by atoms with Gasteiger partial charge in [-0.05, 0) is 152 Å². The van der Waals surface area contributed by atoms with Crippen LogP contribution in [0.5, 0.6) is 5.75 Å². The maximum absolute atomic E-state index is 15.3. The van der Waals surface area contributed by atoms with Gasteiger partial charge in [-0.1, -0.05) is 42.8 Å². The molecule has 3 aromatic carbocycles. The van der Waals surface area contributed by atoms with Crippen molar-refractivity contribution in [1.82, 2.24) is 34.6 Å². The molecular weight excluding hydrogens is 950 g/mol. The molecule has 2 atom stereocenters. The molecule has 0 radical (unpaired) electrons. The minimum Gasteiger partial charge on any atom is -0.490 e. The molecule has 12 rings (SSSR count). The molecule has 75 heavy (non-hydrogen) atoms. The summed E-state index contributed by atoms with van der Waals surface area (Å²) in [5, 5.41) is 5.71. The number of carbonyl (C=O) groups excluding carboxylic acids is 5. The first-order chi connectivity index (χ1) is 36.4. The number of aromatic nitrogens is 3. The highest BCUT2D eigenvalue weighted by Gasteiger charge is 2.56. The number of carbonyl (C=O) groups is 5. The fraction of sp³-hybridized carbons (Fsp3) is 0.508. The number of halogens is 1. The predicted molar refractivity (Wildman–Crippen MR) is 283 cm³/mol. The van der Waals surface area contributed by atoms with Crippen molar-refractivity contribution in [3.8, 4) is 17.0 Å². The summed E-state index contributed by atoms with van der Waals surface area (Å²) in [4.78, 5) is 86.0. The number of hydrogen-bond acceptors (Lipinski definition) is 10. The SMILES string of the molecule is CC(C)n1cnc2cc(-c3ccc4c(c3)N([C@H]3C[C@@H](N5CCCCC5)C3)C(=O)C43CCN(C(=O)[C@@H]4CCN(C(=O)[C@H]5CC[C@H](Oc6ccc(C7CCC(=O)NC7=O)cc6)CC5)C4)CC3)nc(Nc3ccccc3F)c21. The van der Waals surface area contributed by atoms with E-state index in [0.29, 0.717) is 81.5 Å². The lowest BCUT2D eigenvalue weighted by molar-refractivity contribution is -0.140. The fourth-order valence-corrected chi connectivity index (χ4v) is 13.5. The number of ether oxygens (including phenoxy) is 1. The van der Waals surface area contributed by atoms with Gasteiger partial charge in [-0.3, -0.25) is 29.3 Å². The van der Waals surface area contributed by atoms with E-state index in [1.165, 1.54) is 25.3 Å². The number of piperidine rings is 3. The number of rotatable bonds is 11. The highest BCUT2D eigenvalue weighted by atomic mass is 19.1. The highest BCUT2D eigenvalue weighted by Crippen LogP contribution is 2.52. The monoisotopic (exact) mass is 1020 g/mol. The summed E-state index contributed by atoms with van der Waals surface area (Å²) in [6.45, 7) is 8.30. The molecule has 16 heteroatoms. The van der Waals surface area contributed by atoms with Crippen molar-refractivity contribution >= 4 is 57.8 Å². The fourth-order valence-electron chi connectivity index (χ4n) is 13.5. The van der Waals surface area contributed by atoms with E-state index in [2.05, 4.69) is 52.5 Å². The zero-order chi connectivity index (χ0) is 51.5. The number of fused-ring (bicyclic) bond motifs is 3. The third kappa shape index (κ3) is 9.24. The molecule has 5 aromatic rings. The lowest BCUT2D eigenvalue weighted by Crippen LogP contribution is -2.58. The van der Waals surface area contributed by atoms with Gasteiger partial charge in [0.05, 0.1) is 46.6 Å². The van der Waals surface area contributed by atoms with E-state index in [4.69, 9.17) is 14.7 Å². The van der Waals surface area contributed by atoms with Crippen LogP contribution in [0.1, 0.15) is 127 Å². The average molecular weight is 1020 g/mol. The molecule has 7 aliphatic rings. The molecule has 15 nitrogen and oxygen atoms in total. The summed E-state index contributed by atoms with van der Waals surface area (Å²) >= 11 is 0. The molecule has 6 fully saturated rings. The Hall–Kier alpha value is -6.68. The molecule has 2 aromatic heterocycles. The highest BCUT2D eigenvalue weighted by molar-refractivity contribution is 6.09. The summed E-state index contributed by atoms with van der Waals surface area (Å²) in [6, 6.07) is 23.0. The molecule has 0 bridgehead atoms. The molecule has 7 heterocycles. The van der Waals surface area contributed by atoms with Crippen molar-refractivity contribution in [2.24, 2.45) is 11.8 Å². The van der Waals surface area contributed by atoms with Gasteiger partial charge in [0.25, 0.3) is 0 Å². The Kier molecular flexibility index (Phi) is 13.2. The Balaban J connectivity index is 0.715. The van der Waals surface area contributed by atoms with Gasteiger partial charge in [-0.2, -0.15) is 0 Å². The van der Waals surface area contributed by atoms with Crippen LogP contribution in [-0.2, 0) is 29.4 Å². The number of pyridine rings is 1. The number of imide groups is 1. The molecule has 5 amide bonds. The maximum atomic E-state index is 15.3. The van der Waals surface area contributed by atoms with Crippen LogP contribution in [-0.4, -0.2) is 116 Å². The van der Waals surface area contributed by atoms with Crippen molar-refractivity contribution < 1.29 is 33.1 Å². The van der Waals surface area contributed by atoms with Gasteiger partial charge in [0.15, 0.2) is 5.82 Å².